The number of hydrogen-bond donors (Lipinski definition) is 1. The third kappa shape index (κ3) is 5.26. The van der Waals surface area contributed by atoms with Crippen molar-refractivity contribution in [1.29, 1.82) is 0 Å². The number of nitrogens with zero attached hydrogens (tertiary/aromatic N) is 1. The molecule has 36 heavy (non-hydrogen) atoms. The van der Waals surface area contributed by atoms with Crippen molar-refractivity contribution in [2.75, 3.05) is 25.5 Å². The molecule has 0 aromatic heterocycles. The topological polar surface area (TPSA) is 92.8 Å². The first-order valence-electron chi connectivity index (χ1n) is 11.7. The Morgan fingerprint density at radius 2 is 1.92 bits per heavy atom. The summed E-state index contributed by atoms with van der Waals surface area (Å²) in [6.07, 6.45) is 0.371. The summed E-state index contributed by atoms with van der Waals surface area (Å²) in [6, 6.07) is 5.86. The molecule has 4 rings (SSSR count). The van der Waals surface area contributed by atoms with Crippen molar-refractivity contribution < 1.29 is 31.5 Å². The highest BCUT2D eigenvalue weighted by atomic mass is 35.5. The molecule has 2 aliphatic rings. The summed E-state index contributed by atoms with van der Waals surface area (Å²) < 4.78 is 58.7. The predicted octanol–water partition coefficient (Wildman–Crippen LogP) is 3.77. The van der Waals surface area contributed by atoms with E-state index in [4.69, 9.17) is 16.3 Å². The van der Waals surface area contributed by atoms with Gasteiger partial charge in [-0.15, -0.1) is 0 Å². The lowest BCUT2D eigenvalue weighted by Crippen LogP contribution is -2.50. The summed E-state index contributed by atoms with van der Waals surface area (Å²) in [7, 11) is -3.52. The van der Waals surface area contributed by atoms with Gasteiger partial charge in [0.25, 0.3) is 5.91 Å². The van der Waals surface area contributed by atoms with E-state index in [-0.39, 0.29) is 51.8 Å². The molecule has 1 unspecified atom stereocenters. The van der Waals surface area contributed by atoms with Crippen LogP contribution < -0.4 is 5.32 Å². The second-order valence-electron chi connectivity index (χ2n) is 9.32. The molecule has 2 amide bonds. The van der Waals surface area contributed by atoms with Crippen LogP contribution in [0.15, 0.2) is 41.3 Å². The van der Waals surface area contributed by atoms with Crippen LogP contribution in [-0.2, 0) is 19.4 Å². The zero-order chi connectivity index (χ0) is 26.2. The Bertz CT molecular complexity index is 1290. The Labute approximate surface area is 213 Å². The van der Waals surface area contributed by atoms with Crippen LogP contribution in [0.1, 0.15) is 42.2 Å². The van der Waals surface area contributed by atoms with E-state index in [1.165, 1.54) is 36.1 Å². The number of sulfone groups is 1. The van der Waals surface area contributed by atoms with Gasteiger partial charge in [-0.3, -0.25) is 9.59 Å². The summed E-state index contributed by atoms with van der Waals surface area (Å²) in [5.74, 6) is -2.91. The maximum absolute atomic E-state index is 14.7. The van der Waals surface area contributed by atoms with Gasteiger partial charge in [0.05, 0.1) is 34.9 Å². The largest absolute Gasteiger partial charge is 0.381 e. The zero-order valence-corrected chi connectivity index (χ0v) is 21.4. The second-order valence-corrected chi connectivity index (χ2v) is 12.0. The Balaban J connectivity index is 1.59. The smallest absolute Gasteiger partial charge is 0.254 e. The summed E-state index contributed by atoms with van der Waals surface area (Å²) in [5.41, 5.74) is 0.117. The van der Waals surface area contributed by atoms with Gasteiger partial charge in [0.15, 0.2) is 9.84 Å². The first kappa shape index (κ1) is 26.5. The molecule has 0 aliphatic carbocycles. The molecule has 3 atom stereocenters. The molecule has 11 heteroatoms. The van der Waals surface area contributed by atoms with E-state index in [1.54, 1.807) is 0 Å². The fourth-order valence-electron chi connectivity index (χ4n) is 4.60. The molecular formula is C25H27ClF2N2O5S. The number of carbonyl (C=O) groups excluding carboxylic acids is 2. The molecule has 2 aliphatic heterocycles. The maximum Gasteiger partial charge on any atom is 0.254 e. The van der Waals surface area contributed by atoms with Crippen molar-refractivity contribution in [3.63, 3.8) is 0 Å². The Kier molecular flexibility index (Phi) is 7.68. The highest BCUT2D eigenvalue weighted by Gasteiger charge is 2.41. The molecule has 0 bridgehead atoms. The molecule has 2 saturated heterocycles. The summed E-state index contributed by atoms with van der Waals surface area (Å²) >= 11 is 5.70. The van der Waals surface area contributed by atoms with E-state index in [1.807, 2.05) is 6.92 Å². The van der Waals surface area contributed by atoms with E-state index < -0.39 is 45.4 Å². The van der Waals surface area contributed by atoms with Crippen LogP contribution in [0.3, 0.4) is 0 Å². The lowest BCUT2D eigenvalue weighted by Gasteiger charge is -2.36. The van der Waals surface area contributed by atoms with Crippen molar-refractivity contribution in [3.05, 3.63) is 64.2 Å². The minimum Gasteiger partial charge on any atom is -0.381 e. The van der Waals surface area contributed by atoms with Crippen LogP contribution in [0, 0.1) is 23.5 Å². The lowest BCUT2D eigenvalue weighted by atomic mass is 9.90. The van der Waals surface area contributed by atoms with Crippen LogP contribution in [-0.4, -0.2) is 56.7 Å². The number of ether oxygens (including phenoxy) is 1. The van der Waals surface area contributed by atoms with Gasteiger partial charge in [0, 0.05) is 23.6 Å². The third-order valence-corrected chi connectivity index (χ3v) is 8.72. The van der Waals surface area contributed by atoms with Crippen molar-refractivity contribution >= 4 is 33.3 Å². The average Bonchev–Trinajstić information content (AvgIpc) is 3.21. The highest BCUT2D eigenvalue weighted by molar-refractivity contribution is 7.91. The van der Waals surface area contributed by atoms with E-state index in [0.29, 0.717) is 13.0 Å². The van der Waals surface area contributed by atoms with Gasteiger partial charge in [-0.2, -0.15) is 0 Å². The first-order valence-corrected chi connectivity index (χ1v) is 13.7. The van der Waals surface area contributed by atoms with Gasteiger partial charge in [0.1, 0.15) is 17.7 Å². The fraction of sp³-hybridized carbons (Fsp3) is 0.440. The molecule has 194 valence electrons. The highest BCUT2D eigenvalue weighted by Crippen LogP contribution is 2.33. The van der Waals surface area contributed by atoms with E-state index in [0.717, 1.165) is 12.1 Å². The predicted molar refractivity (Wildman–Crippen MR) is 129 cm³/mol. The van der Waals surface area contributed by atoms with E-state index in [9.17, 15) is 26.8 Å². The molecule has 7 nitrogen and oxygen atoms in total. The van der Waals surface area contributed by atoms with Crippen LogP contribution >= 0.6 is 11.6 Å². The number of carbonyl (C=O) groups is 2. The molecule has 1 N–H and O–H groups in total. The van der Waals surface area contributed by atoms with Crippen LogP contribution in [0.2, 0.25) is 5.02 Å². The third-order valence-electron chi connectivity index (χ3n) is 6.70. The van der Waals surface area contributed by atoms with Gasteiger partial charge >= 0.3 is 0 Å². The molecule has 0 spiro atoms. The zero-order valence-electron chi connectivity index (χ0n) is 19.8. The van der Waals surface area contributed by atoms with Crippen LogP contribution in [0.25, 0.3) is 0 Å². The monoisotopic (exact) mass is 540 g/mol. The summed E-state index contributed by atoms with van der Waals surface area (Å²) in [6.45, 7) is 4.24. The number of hydrogen-bond acceptors (Lipinski definition) is 5. The summed E-state index contributed by atoms with van der Waals surface area (Å²) in [5, 5.41) is 2.45. The van der Waals surface area contributed by atoms with Gasteiger partial charge in [-0.25, -0.2) is 17.2 Å². The number of amides is 2. The second kappa shape index (κ2) is 10.4. The van der Waals surface area contributed by atoms with Crippen LogP contribution in [0.5, 0.6) is 0 Å². The SMILES string of the molecule is CCS(=O)(=O)c1cccc(C(=O)N2C[C@H](C)C[C@@H]2C(=O)NC(c2cc(F)c(Cl)cc2F)C2COC2)c1. The Hall–Kier alpha value is -2.56. The maximum atomic E-state index is 14.7. The molecule has 0 saturated carbocycles. The number of benzene rings is 2. The van der Waals surface area contributed by atoms with Gasteiger partial charge in [-0.05, 0) is 42.7 Å². The fourth-order valence-corrected chi connectivity index (χ4v) is 5.67. The number of rotatable bonds is 7. The molecule has 2 heterocycles. The van der Waals surface area contributed by atoms with Crippen molar-refractivity contribution in [2.45, 2.75) is 37.2 Å². The van der Waals surface area contributed by atoms with E-state index >= 15 is 0 Å². The van der Waals surface area contributed by atoms with Crippen molar-refractivity contribution in [2.24, 2.45) is 11.8 Å². The quantitative estimate of drug-likeness (QED) is 0.540. The Morgan fingerprint density at radius 3 is 2.56 bits per heavy atom. The van der Waals surface area contributed by atoms with Gasteiger partial charge in [0.2, 0.25) is 5.91 Å². The molecule has 2 aromatic rings. The number of nitrogens with one attached hydrogen (secondary N) is 1. The van der Waals surface area contributed by atoms with Gasteiger partial charge < -0.3 is 15.0 Å². The molecule has 2 fully saturated rings. The van der Waals surface area contributed by atoms with Crippen LogP contribution in [0.4, 0.5) is 8.78 Å². The normalized spacial score (nSPS) is 21.2. The lowest BCUT2D eigenvalue weighted by molar-refractivity contribution is -0.128. The van der Waals surface area contributed by atoms with E-state index in [2.05, 4.69) is 5.32 Å². The number of likely N-dealkylation sites (tertiary alicyclic amines) is 1. The molecule has 2 aromatic carbocycles. The molecular weight excluding hydrogens is 514 g/mol. The number of halogens is 3. The molecule has 0 radical (unpaired) electrons. The summed E-state index contributed by atoms with van der Waals surface area (Å²) in [4.78, 5) is 28.2. The van der Waals surface area contributed by atoms with Crippen molar-refractivity contribution in [3.8, 4) is 0 Å². The Morgan fingerprint density at radius 1 is 1.19 bits per heavy atom. The van der Waals surface area contributed by atoms with Gasteiger partial charge in [-0.1, -0.05) is 31.5 Å². The standard InChI is InChI=1S/C25H27ClF2N2O5S/c1-3-36(33,34)17-6-4-5-15(8-17)25(32)30-11-14(2)7-22(30)24(31)29-23(16-12-35-13-16)18-9-21(28)19(26)10-20(18)27/h4-6,8-10,14,16,22-23H,3,7,11-13H2,1-2H3,(H,29,31)/t14-,22-,23?/m1/s1. The average molecular weight is 541 g/mol. The van der Waals surface area contributed by atoms with Crippen molar-refractivity contribution in [1.82, 2.24) is 10.2 Å². The first-order chi connectivity index (χ1) is 17.0. The minimum atomic E-state index is -3.52. The minimum absolute atomic E-state index is 0.00227.